The van der Waals surface area contributed by atoms with Gasteiger partial charge in [0.2, 0.25) is 0 Å². The summed E-state index contributed by atoms with van der Waals surface area (Å²) in [7, 11) is -3.52. The minimum Gasteiger partial charge on any atom is -0.368 e. The Morgan fingerprint density at radius 1 is 0.758 bits per heavy atom. The highest BCUT2D eigenvalue weighted by atomic mass is 32.2. The zero-order valence-electron chi connectivity index (χ0n) is 18.7. The van der Waals surface area contributed by atoms with Crippen molar-refractivity contribution >= 4 is 10.1 Å². The Morgan fingerprint density at radius 3 is 1.64 bits per heavy atom. The number of hydrogen-bond donors (Lipinski definition) is 1. The van der Waals surface area contributed by atoms with E-state index in [1.165, 1.54) is 0 Å². The average Bonchev–Trinajstić information content (AvgIpc) is 2.83. The van der Waals surface area contributed by atoms with Crippen molar-refractivity contribution in [2.24, 2.45) is 0 Å². The van der Waals surface area contributed by atoms with Crippen LogP contribution in [0.25, 0.3) is 0 Å². The summed E-state index contributed by atoms with van der Waals surface area (Å²) in [6, 6.07) is 30.2. The molecule has 3 rings (SSSR count). The second-order valence-electron chi connectivity index (χ2n) is 7.62. The molecule has 0 radical (unpaired) electrons. The second kappa shape index (κ2) is 12.1. The van der Waals surface area contributed by atoms with Crippen LogP contribution < -0.4 is 0 Å². The fourth-order valence-corrected chi connectivity index (χ4v) is 4.08. The molecule has 0 heterocycles. The van der Waals surface area contributed by atoms with Crippen LogP contribution in [-0.2, 0) is 29.4 Å². The predicted octanol–water partition coefficient (Wildman–Crippen LogP) is 4.09. The largest absolute Gasteiger partial charge is 0.368 e. The van der Waals surface area contributed by atoms with E-state index in [4.69, 9.17) is 9.47 Å². The van der Waals surface area contributed by atoms with Gasteiger partial charge in [-0.05, 0) is 23.1 Å². The van der Waals surface area contributed by atoms with Crippen LogP contribution in [0.4, 0.5) is 0 Å². The van der Waals surface area contributed by atoms with Crippen LogP contribution in [0.15, 0.2) is 91.0 Å². The quantitative estimate of drug-likeness (QED) is 0.175. The summed E-state index contributed by atoms with van der Waals surface area (Å²) in [5.41, 5.74) is 2.23. The van der Waals surface area contributed by atoms with Gasteiger partial charge < -0.3 is 14.6 Å². The monoisotopic (exact) mass is 470 g/mol. The van der Waals surface area contributed by atoms with E-state index in [9.17, 15) is 13.5 Å². The molecular weight excluding hydrogens is 440 g/mol. The van der Waals surface area contributed by atoms with Gasteiger partial charge in [-0.15, -0.1) is 0 Å². The lowest BCUT2D eigenvalue weighted by atomic mass is 9.80. The molecule has 0 saturated carbocycles. The third kappa shape index (κ3) is 7.22. The van der Waals surface area contributed by atoms with Gasteiger partial charge in [0, 0.05) is 13.0 Å². The molecule has 3 aromatic carbocycles. The SMILES string of the molecule is CS(=O)(=O)OCCOC(O)CCCOC(c1ccccc1)(c1ccccc1)c1ccccc1. The van der Waals surface area contributed by atoms with Gasteiger partial charge in [-0.25, -0.2) is 0 Å². The van der Waals surface area contributed by atoms with E-state index < -0.39 is 22.0 Å². The topological polar surface area (TPSA) is 82.1 Å². The fraction of sp³-hybridized carbons (Fsp3) is 0.308. The van der Waals surface area contributed by atoms with E-state index in [-0.39, 0.29) is 13.2 Å². The molecular formula is C26H30O6S. The number of rotatable bonds is 13. The van der Waals surface area contributed by atoms with E-state index in [0.29, 0.717) is 19.4 Å². The van der Waals surface area contributed by atoms with Crippen molar-refractivity contribution in [3.05, 3.63) is 108 Å². The fourth-order valence-electron chi connectivity index (χ4n) is 3.70. The first-order valence-electron chi connectivity index (χ1n) is 10.9. The first-order chi connectivity index (χ1) is 15.9. The van der Waals surface area contributed by atoms with Crippen LogP contribution >= 0.6 is 0 Å². The second-order valence-corrected chi connectivity index (χ2v) is 9.27. The number of aliphatic hydroxyl groups is 1. The highest BCUT2D eigenvalue weighted by Crippen LogP contribution is 2.40. The number of hydrogen-bond acceptors (Lipinski definition) is 6. The zero-order valence-corrected chi connectivity index (χ0v) is 19.5. The van der Waals surface area contributed by atoms with Crippen LogP contribution in [0.3, 0.4) is 0 Å². The lowest BCUT2D eigenvalue weighted by Crippen LogP contribution is -2.33. The zero-order chi connectivity index (χ0) is 23.6. The van der Waals surface area contributed by atoms with E-state index in [1.54, 1.807) is 0 Å². The molecule has 3 aromatic rings. The van der Waals surface area contributed by atoms with Gasteiger partial charge in [-0.1, -0.05) is 91.0 Å². The first-order valence-corrected chi connectivity index (χ1v) is 12.7. The van der Waals surface area contributed by atoms with E-state index in [0.717, 1.165) is 22.9 Å². The highest BCUT2D eigenvalue weighted by molar-refractivity contribution is 7.85. The van der Waals surface area contributed by atoms with E-state index >= 15 is 0 Å². The molecule has 7 heteroatoms. The third-order valence-corrected chi connectivity index (χ3v) is 5.74. The predicted molar refractivity (Wildman–Crippen MR) is 127 cm³/mol. The summed E-state index contributed by atoms with van der Waals surface area (Å²) in [4.78, 5) is 0. The molecule has 176 valence electrons. The van der Waals surface area contributed by atoms with Crippen LogP contribution in [-0.4, -0.2) is 45.9 Å². The molecule has 0 aliphatic heterocycles. The molecule has 0 aliphatic rings. The summed E-state index contributed by atoms with van der Waals surface area (Å²) >= 11 is 0. The summed E-state index contributed by atoms with van der Waals surface area (Å²) in [5, 5.41) is 10.1. The van der Waals surface area contributed by atoms with Gasteiger partial charge in [-0.2, -0.15) is 8.42 Å². The maximum absolute atomic E-state index is 11.0. The third-order valence-electron chi connectivity index (χ3n) is 5.15. The first kappa shape index (κ1) is 25.1. The average molecular weight is 471 g/mol. The summed E-state index contributed by atoms with van der Waals surface area (Å²) in [5.74, 6) is 0. The number of ether oxygens (including phenoxy) is 2. The summed E-state index contributed by atoms with van der Waals surface area (Å²) in [6.07, 6.45) is 0.825. The minimum atomic E-state index is -3.52. The Morgan fingerprint density at radius 2 is 1.21 bits per heavy atom. The Bertz CT molecular complexity index is 959. The molecule has 0 saturated heterocycles. The van der Waals surface area contributed by atoms with Crippen molar-refractivity contribution in [3.63, 3.8) is 0 Å². The van der Waals surface area contributed by atoms with Crippen LogP contribution in [0.1, 0.15) is 29.5 Å². The number of benzene rings is 3. The van der Waals surface area contributed by atoms with Crippen LogP contribution in [0.5, 0.6) is 0 Å². The minimum absolute atomic E-state index is 0.0168. The van der Waals surface area contributed by atoms with Gasteiger partial charge in [0.25, 0.3) is 10.1 Å². The molecule has 0 aliphatic carbocycles. The van der Waals surface area contributed by atoms with Crippen LogP contribution in [0, 0.1) is 0 Å². The molecule has 1 unspecified atom stereocenters. The van der Waals surface area contributed by atoms with Crippen molar-refractivity contribution in [2.75, 3.05) is 26.1 Å². The lowest BCUT2D eigenvalue weighted by molar-refractivity contribution is -0.113. The van der Waals surface area contributed by atoms with Crippen molar-refractivity contribution < 1.29 is 27.2 Å². The Hall–Kier alpha value is -2.55. The number of aliphatic hydroxyl groups excluding tert-OH is 1. The molecule has 0 bridgehead atoms. The summed E-state index contributed by atoms with van der Waals surface area (Å²) < 4.78 is 38.4. The molecule has 0 aromatic heterocycles. The normalized spacial score (nSPS) is 13.0. The van der Waals surface area contributed by atoms with Gasteiger partial charge in [-0.3, -0.25) is 4.18 Å². The van der Waals surface area contributed by atoms with Gasteiger partial charge >= 0.3 is 0 Å². The van der Waals surface area contributed by atoms with Crippen molar-refractivity contribution in [3.8, 4) is 0 Å². The molecule has 1 N–H and O–H groups in total. The molecule has 0 amide bonds. The molecule has 0 fully saturated rings. The molecule has 6 nitrogen and oxygen atoms in total. The summed E-state index contributed by atoms with van der Waals surface area (Å²) in [6.45, 7) is 0.224. The standard InChI is InChI=1S/C26H30O6S/c1-33(28,29)32-21-20-30-25(27)18-11-19-31-26(22-12-5-2-6-13-22,23-14-7-3-8-15-23)24-16-9-4-10-17-24/h2-10,12-17,25,27H,11,18-21H2,1H3. The Balaban J connectivity index is 1.72. The molecule has 33 heavy (non-hydrogen) atoms. The van der Waals surface area contributed by atoms with Crippen molar-refractivity contribution in [2.45, 2.75) is 24.7 Å². The van der Waals surface area contributed by atoms with E-state index in [2.05, 4.69) is 40.6 Å². The van der Waals surface area contributed by atoms with Crippen molar-refractivity contribution in [1.82, 2.24) is 0 Å². The highest BCUT2D eigenvalue weighted by Gasteiger charge is 2.37. The molecule has 1 atom stereocenters. The van der Waals surface area contributed by atoms with Gasteiger partial charge in [0.1, 0.15) is 5.60 Å². The van der Waals surface area contributed by atoms with Crippen LogP contribution in [0.2, 0.25) is 0 Å². The Kier molecular flexibility index (Phi) is 9.17. The van der Waals surface area contributed by atoms with Gasteiger partial charge in [0.05, 0.1) is 19.5 Å². The smallest absolute Gasteiger partial charge is 0.264 e. The Labute approximate surface area is 195 Å². The van der Waals surface area contributed by atoms with E-state index in [1.807, 2.05) is 54.6 Å². The van der Waals surface area contributed by atoms with Gasteiger partial charge in [0.15, 0.2) is 6.29 Å². The lowest BCUT2D eigenvalue weighted by Gasteiger charge is -2.36. The molecule has 0 spiro atoms. The maximum Gasteiger partial charge on any atom is 0.264 e. The maximum atomic E-state index is 11.0. The van der Waals surface area contributed by atoms with Crippen molar-refractivity contribution in [1.29, 1.82) is 0 Å².